The summed E-state index contributed by atoms with van der Waals surface area (Å²) in [6.07, 6.45) is 4.19. The van der Waals surface area contributed by atoms with Gasteiger partial charge in [-0.1, -0.05) is 45.9 Å². The summed E-state index contributed by atoms with van der Waals surface area (Å²) < 4.78 is 46.0. The molecule has 4 rings (SSSR count). The maximum absolute atomic E-state index is 16.2. The van der Waals surface area contributed by atoms with E-state index >= 15 is 4.39 Å². The lowest BCUT2D eigenvalue weighted by Gasteiger charge is -2.47. The third kappa shape index (κ3) is 11.3. The number of esters is 1. The summed E-state index contributed by atoms with van der Waals surface area (Å²) in [7, 11) is 2.91. The average Bonchev–Trinajstić information content (AvgIpc) is 3.21. The van der Waals surface area contributed by atoms with Crippen LogP contribution in [0.2, 0.25) is 0 Å². The molecule has 0 radical (unpaired) electrons. The molecule has 1 amide bonds. The average molecular weight is 820 g/mol. The van der Waals surface area contributed by atoms with Gasteiger partial charge in [-0.2, -0.15) is 0 Å². The zero-order chi connectivity index (χ0) is 42.9. The van der Waals surface area contributed by atoms with Gasteiger partial charge >= 0.3 is 5.97 Å². The Labute approximate surface area is 344 Å². The molecule has 2 bridgehead atoms. The van der Waals surface area contributed by atoms with Crippen LogP contribution in [0.1, 0.15) is 112 Å². The molecule has 1 saturated carbocycles. The first-order chi connectivity index (χ1) is 27.5. The number of carbonyl (C=O) groups is 4. The van der Waals surface area contributed by atoms with Crippen molar-refractivity contribution in [2.24, 2.45) is 29.6 Å². The molecule has 14 atom stereocenters. The highest BCUT2D eigenvalue weighted by Gasteiger charge is 2.56. The van der Waals surface area contributed by atoms with Crippen LogP contribution in [0.15, 0.2) is 36.0 Å². The first kappa shape index (κ1) is 47.9. The minimum absolute atomic E-state index is 0.0206. The van der Waals surface area contributed by atoms with Gasteiger partial charge < -0.3 is 38.8 Å². The topological polar surface area (TPSA) is 158 Å². The van der Waals surface area contributed by atoms with E-state index in [1.807, 2.05) is 26.8 Å². The Morgan fingerprint density at radius 1 is 1.00 bits per heavy atom. The molecule has 2 saturated heterocycles. The fourth-order valence-corrected chi connectivity index (χ4v) is 9.44. The molecule has 3 fully saturated rings. The lowest BCUT2D eigenvalue weighted by atomic mass is 9.81. The van der Waals surface area contributed by atoms with Gasteiger partial charge in [-0.15, -0.1) is 6.58 Å². The van der Waals surface area contributed by atoms with Gasteiger partial charge in [0.2, 0.25) is 5.79 Å². The molecule has 14 unspecified atom stereocenters. The van der Waals surface area contributed by atoms with Crippen molar-refractivity contribution in [3.05, 3.63) is 36.0 Å². The van der Waals surface area contributed by atoms with Gasteiger partial charge in [-0.3, -0.25) is 14.4 Å². The zero-order valence-electron chi connectivity index (χ0n) is 36.0. The summed E-state index contributed by atoms with van der Waals surface area (Å²) in [4.78, 5) is 57.7. The van der Waals surface area contributed by atoms with Crippen LogP contribution in [0.3, 0.4) is 0 Å². The van der Waals surface area contributed by atoms with Crippen LogP contribution in [0, 0.1) is 29.6 Å². The number of allylic oxidation sites excluding steroid dienone is 3. The summed E-state index contributed by atoms with van der Waals surface area (Å²) in [5, 5.41) is 22.9. The fraction of sp³-hybridized carbons (Fsp3) is 0.778. The predicted molar refractivity (Wildman–Crippen MR) is 216 cm³/mol. The van der Waals surface area contributed by atoms with Gasteiger partial charge in [0.1, 0.15) is 30.2 Å². The van der Waals surface area contributed by atoms with Crippen molar-refractivity contribution >= 4 is 23.4 Å². The number of aliphatic hydroxyl groups excluding tert-OH is 1. The van der Waals surface area contributed by atoms with Gasteiger partial charge in [0.25, 0.3) is 11.7 Å². The van der Waals surface area contributed by atoms with Crippen LogP contribution in [0.25, 0.3) is 0 Å². The third-order valence-electron chi connectivity index (χ3n) is 13.1. The molecule has 2 N–H and O–H groups in total. The molecule has 12 nitrogen and oxygen atoms in total. The number of methoxy groups -OCH3 is 2. The number of piperidine rings is 1. The minimum atomic E-state index is -2.57. The number of carbonyl (C=O) groups excluding carboxylic acids is 4. The van der Waals surface area contributed by atoms with Gasteiger partial charge in [0.05, 0.1) is 31.0 Å². The van der Waals surface area contributed by atoms with Crippen molar-refractivity contribution in [2.45, 2.75) is 167 Å². The van der Waals surface area contributed by atoms with Crippen molar-refractivity contribution in [1.82, 2.24) is 4.90 Å². The Bertz CT molecular complexity index is 1500. The molecule has 3 heterocycles. The van der Waals surface area contributed by atoms with E-state index in [1.54, 1.807) is 32.9 Å². The van der Waals surface area contributed by atoms with E-state index in [0.717, 1.165) is 12.0 Å². The van der Waals surface area contributed by atoms with E-state index in [-0.39, 0.29) is 56.0 Å². The maximum Gasteiger partial charge on any atom is 0.329 e. The first-order valence-corrected chi connectivity index (χ1v) is 21.5. The first-order valence-electron chi connectivity index (χ1n) is 21.5. The number of ether oxygens (including phenoxy) is 5. The van der Waals surface area contributed by atoms with Gasteiger partial charge in [0.15, 0.2) is 0 Å². The summed E-state index contributed by atoms with van der Waals surface area (Å²) in [5.74, 6) is -7.92. The second-order valence-corrected chi connectivity index (χ2v) is 17.4. The van der Waals surface area contributed by atoms with Gasteiger partial charge in [-0.25, -0.2) is 9.18 Å². The number of nitrogens with zero attached hydrogens (tertiary/aromatic N) is 1. The monoisotopic (exact) mass is 819 g/mol. The summed E-state index contributed by atoms with van der Waals surface area (Å²) in [5.41, 5.74) is 1.16. The molecule has 58 heavy (non-hydrogen) atoms. The van der Waals surface area contributed by atoms with E-state index < -0.39 is 83.9 Å². The Kier molecular flexibility index (Phi) is 17.8. The SMILES string of the molecule is C=CCOC1CCC(C=C(C)C2OC(=O)C3CCCCN3C(=O)C(=O)C3(O)OC(C(OC)CC(C)C(F)/C(C)=C/C(CC)C(=O)CCC2C)C(OC)CC3C)CC1O. The van der Waals surface area contributed by atoms with Crippen LogP contribution >= 0.6 is 0 Å². The van der Waals surface area contributed by atoms with Gasteiger partial charge in [-0.05, 0) is 107 Å². The van der Waals surface area contributed by atoms with E-state index in [2.05, 4.69) is 6.58 Å². The minimum Gasteiger partial charge on any atom is -0.456 e. The number of halogens is 1. The Balaban J connectivity index is 1.73. The zero-order valence-corrected chi connectivity index (χ0v) is 36.0. The number of alkyl halides is 1. The molecule has 13 heteroatoms. The number of hydrogen-bond donors (Lipinski definition) is 2. The van der Waals surface area contributed by atoms with Crippen LogP contribution in [-0.4, -0.2) is 121 Å². The smallest absolute Gasteiger partial charge is 0.329 e. The lowest BCUT2D eigenvalue weighted by molar-refractivity contribution is -0.302. The summed E-state index contributed by atoms with van der Waals surface area (Å²) in [6.45, 7) is 14.8. The number of Topliss-reactive ketones (excluding diaryl/α,β-unsaturated/α-hetero) is 2. The van der Waals surface area contributed by atoms with Crippen LogP contribution in [-0.2, 0) is 42.9 Å². The highest BCUT2D eigenvalue weighted by molar-refractivity contribution is 6.39. The van der Waals surface area contributed by atoms with Crippen molar-refractivity contribution in [2.75, 3.05) is 27.4 Å². The molecule has 3 aliphatic heterocycles. The predicted octanol–water partition coefficient (Wildman–Crippen LogP) is 6.01. The normalized spacial score (nSPS) is 40.5. The quantitative estimate of drug-likeness (QED) is 0.168. The van der Waals surface area contributed by atoms with Gasteiger partial charge in [0, 0.05) is 39.0 Å². The molecule has 0 aromatic carbocycles. The number of ketones is 2. The number of fused-ring (bicyclic) bond motifs is 3. The van der Waals surface area contributed by atoms with Crippen LogP contribution in [0.4, 0.5) is 4.39 Å². The maximum atomic E-state index is 16.2. The fourth-order valence-electron chi connectivity index (χ4n) is 9.44. The molecule has 4 aliphatic rings. The van der Waals surface area contributed by atoms with Crippen molar-refractivity contribution < 1.29 is 57.5 Å². The largest absolute Gasteiger partial charge is 0.456 e. The van der Waals surface area contributed by atoms with Crippen LogP contribution in [0.5, 0.6) is 0 Å². The van der Waals surface area contributed by atoms with Crippen LogP contribution < -0.4 is 0 Å². The van der Waals surface area contributed by atoms with E-state index in [1.165, 1.54) is 19.1 Å². The number of cyclic esters (lactones) is 1. The second-order valence-electron chi connectivity index (χ2n) is 17.4. The number of hydrogen-bond acceptors (Lipinski definition) is 11. The molecule has 1 aliphatic carbocycles. The highest BCUT2D eigenvalue weighted by atomic mass is 19.1. The number of aliphatic hydroxyl groups is 2. The molecule has 328 valence electrons. The Hall–Kier alpha value is -2.81. The van der Waals surface area contributed by atoms with E-state index in [9.17, 15) is 29.4 Å². The van der Waals surface area contributed by atoms with Crippen molar-refractivity contribution in [3.63, 3.8) is 0 Å². The standard InChI is InChI=1S/C45H70FNO11/c1-10-20-56-36-18-16-31(25-35(36)49)21-29(6)40-26(3)15-17-34(48)32(11-2)22-27(4)39(46)28(5)23-37(54-8)41-38(55-9)24-30(7)45(53,58-41)42(50)43(51)47-19-13-12-14-33(47)44(52)57-40/h10,21-22,26,28,30-33,35-41,49,53H,1,11-20,23-25H2,2-9H3/b27-22+,29-21?. The molecule has 0 aromatic heterocycles. The third-order valence-corrected chi connectivity index (χ3v) is 13.1. The molecule has 0 spiro atoms. The summed E-state index contributed by atoms with van der Waals surface area (Å²) >= 11 is 0. The van der Waals surface area contributed by atoms with Crippen molar-refractivity contribution in [3.8, 4) is 0 Å². The Morgan fingerprint density at radius 2 is 1.69 bits per heavy atom. The van der Waals surface area contributed by atoms with E-state index in [0.29, 0.717) is 50.7 Å². The van der Waals surface area contributed by atoms with Crippen molar-refractivity contribution in [1.29, 1.82) is 0 Å². The lowest BCUT2D eigenvalue weighted by Crippen LogP contribution is -2.64. The molecular weight excluding hydrogens is 749 g/mol. The Morgan fingerprint density at radius 3 is 2.33 bits per heavy atom. The second kappa shape index (κ2) is 21.6. The van der Waals surface area contributed by atoms with E-state index in [4.69, 9.17) is 23.7 Å². The number of rotatable bonds is 8. The highest BCUT2D eigenvalue weighted by Crippen LogP contribution is 2.39. The summed E-state index contributed by atoms with van der Waals surface area (Å²) in [6, 6.07) is -1.10. The number of amides is 1. The molecule has 0 aromatic rings. The molecular formula is C45H70FNO11.